The van der Waals surface area contributed by atoms with Gasteiger partial charge in [0.05, 0.1) is 23.6 Å². The van der Waals surface area contributed by atoms with E-state index in [9.17, 15) is 18.0 Å². The van der Waals surface area contributed by atoms with E-state index in [4.69, 9.17) is 0 Å². The summed E-state index contributed by atoms with van der Waals surface area (Å²) in [6.07, 6.45) is -4.56. The van der Waals surface area contributed by atoms with E-state index in [2.05, 4.69) is 21.6 Å². The molecule has 0 saturated heterocycles. The second-order valence-corrected chi connectivity index (χ2v) is 7.47. The zero-order valence-corrected chi connectivity index (χ0v) is 17.5. The molecule has 1 unspecified atom stereocenters. The molecule has 6 nitrogen and oxygen atoms in total. The van der Waals surface area contributed by atoms with Gasteiger partial charge in [-0.25, -0.2) is 0 Å². The first kappa shape index (κ1) is 21.6. The lowest BCUT2D eigenvalue weighted by Crippen LogP contribution is -2.26. The van der Waals surface area contributed by atoms with Crippen LogP contribution in [0.15, 0.2) is 30.3 Å². The summed E-state index contributed by atoms with van der Waals surface area (Å²) < 4.78 is 41.6. The fourth-order valence-corrected chi connectivity index (χ4v) is 3.37. The summed E-state index contributed by atoms with van der Waals surface area (Å²) in [6.45, 7) is 9.18. The van der Waals surface area contributed by atoms with Gasteiger partial charge in [-0.2, -0.15) is 23.4 Å². The highest BCUT2D eigenvalue weighted by atomic mass is 19.4. The molecule has 1 aromatic carbocycles. The Bertz CT molecular complexity index is 1080. The molecule has 0 aliphatic heterocycles. The van der Waals surface area contributed by atoms with Gasteiger partial charge in [-0.05, 0) is 46.2 Å². The summed E-state index contributed by atoms with van der Waals surface area (Å²) in [5.41, 5.74) is 3.42. The molecule has 0 fully saturated rings. The maximum absolute atomic E-state index is 12.9. The summed E-state index contributed by atoms with van der Waals surface area (Å²) in [4.78, 5) is 12.8. The number of amides is 1. The van der Waals surface area contributed by atoms with Gasteiger partial charge in [0.25, 0.3) is 0 Å². The fraction of sp³-hybridized carbons (Fsp3) is 0.381. The second-order valence-electron chi connectivity index (χ2n) is 7.47. The molecule has 9 heteroatoms. The summed E-state index contributed by atoms with van der Waals surface area (Å²) in [6, 6.07) is 8.07. The highest BCUT2D eigenvalue weighted by molar-refractivity contribution is 5.94. The average molecular weight is 419 g/mol. The number of nitrogens with one attached hydrogen (secondary N) is 1. The van der Waals surface area contributed by atoms with Crippen molar-refractivity contribution in [2.75, 3.05) is 5.32 Å². The van der Waals surface area contributed by atoms with Crippen molar-refractivity contribution in [2.24, 2.45) is 0 Å². The van der Waals surface area contributed by atoms with E-state index in [1.54, 1.807) is 11.6 Å². The van der Waals surface area contributed by atoms with Gasteiger partial charge < -0.3 is 5.32 Å². The number of rotatable bonds is 5. The molecule has 1 atom stereocenters. The van der Waals surface area contributed by atoms with Crippen molar-refractivity contribution in [1.82, 2.24) is 19.6 Å². The van der Waals surface area contributed by atoms with E-state index in [1.165, 1.54) is 13.8 Å². The Morgan fingerprint density at radius 1 is 1.13 bits per heavy atom. The highest BCUT2D eigenvalue weighted by Gasteiger charge is 2.35. The summed E-state index contributed by atoms with van der Waals surface area (Å²) in [5, 5.41) is 10.9. The third-order valence-corrected chi connectivity index (χ3v) is 5.00. The second kappa shape index (κ2) is 7.97. The predicted molar refractivity (Wildman–Crippen MR) is 107 cm³/mol. The number of nitrogens with zero attached hydrogens (tertiary/aromatic N) is 4. The molecule has 0 radical (unpaired) electrons. The minimum atomic E-state index is -4.56. The number of hydrogen-bond donors (Lipinski definition) is 1. The SMILES string of the molecule is Cc1cccc(Cn2nc(C)c(NC(=O)C(C)n3nc(C(F)(F)F)cc3C)c2C)c1. The van der Waals surface area contributed by atoms with Crippen molar-refractivity contribution in [2.45, 2.75) is 53.4 Å². The van der Waals surface area contributed by atoms with Crippen LogP contribution in [0.3, 0.4) is 0 Å². The molecule has 2 heterocycles. The number of halogens is 3. The van der Waals surface area contributed by atoms with Gasteiger partial charge >= 0.3 is 6.18 Å². The minimum Gasteiger partial charge on any atom is -0.321 e. The molecule has 0 bridgehead atoms. The van der Waals surface area contributed by atoms with Gasteiger partial charge in [-0.3, -0.25) is 14.2 Å². The molecule has 0 aliphatic rings. The third-order valence-electron chi connectivity index (χ3n) is 5.00. The Morgan fingerprint density at radius 2 is 1.83 bits per heavy atom. The Morgan fingerprint density at radius 3 is 2.43 bits per heavy atom. The zero-order chi connectivity index (χ0) is 22.2. The first-order valence-electron chi connectivity index (χ1n) is 9.51. The number of alkyl halides is 3. The number of aromatic nitrogens is 4. The van der Waals surface area contributed by atoms with Crippen LogP contribution in [0.1, 0.15) is 46.9 Å². The van der Waals surface area contributed by atoms with Crippen molar-refractivity contribution >= 4 is 11.6 Å². The Hall–Kier alpha value is -3.10. The summed E-state index contributed by atoms with van der Waals surface area (Å²) >= 11 is 0. The van der Waals surface area contributed by atoms with E-state index in [0.29, 0.717) is 17.9 Å². The van der Waals surface area contributed by atoms with Crippen LogP contribution in [0.25, 0.3) is 0 Å². The molecule has 0 saturated carbocycles. The summed E-state index contributed by atoms with van der Waals surface area (Å²) in [5.74, 6) is -0.462. The number of carbonyl (C=O) groups excluding carboxylic acids is 1. The topological polar surface area (TPSA) is 64.7 Å². The molecular formula is C21H24F3N5O. The van der Waals surface area contributed by atoms with Crippen molar-refractivity contribution < 1.29 is 18.0 Å². The van der Waals surface area contributed by atoms with E-state index >= 15 is 0 Å². The highest BCUT2D eigenvalue weighted by Crippen LogP contribution is 2.29. The molecule has 160 valence electrons. The molecule has 30 heavy (non-hydrogen) atoms. The van der Waals surface area contributed by atoms with E-state index in [-0.39, 0.29) is 5.69 Å². The zero-order valence-electron chi connectivity index (χ0n) is 17.5. The van der Waals surface area contributed by atoms with Crippen LogP contribution in [0, 0.1) is 27.7 Å². The van der Waals surface area contributed by atoms with Gasteiger partial charge in [0, 0.05) is 5.69 Å². The van der Waals surface area contributed by atoms with Gasteiger partial charge in [0.2, 0.25) is 5.91 Å². The monoisotopic (exact) mass is 419 g/mol. The minimum absolute atomic E-state index is 0.258. The van der Waals surface area contributed by atoms with Crippen LogP contribution >= 0.6 is 0 Å². The van der Waals surface area contributed by atoms with Crippen LogP contribution in [-0.2, 0) is 17.5 Å². The lowest BCUT2D eigenvalue weighted by Gasteiger charge is -2.15. The lowest BCUT2D eigenvalue weighted by molar-refractivity contribution is -0.141. The molecule has 3 rings (SSSR count). The van der Waals surface area contributed by atoms with Crippen molar-refractivity contribution in [1.29, 1.82) is 0 Å². The van der Waals surface area contributed by atoms with Gasteiger partial charge in [0.15, 0.2) is 5.69 Å². The fourth-order valence-electron chi connectivity index (χ4n) is 3.37. The molecule has 1 N–H and O–H groups in total. The van der Waals surface area contributed by atoms with Crippen molar-refractivity contribution in [3.8, 4) is 0 Å². The summed E-state index contributed by atoms with van der Waals surface area (Å²) in [7, 11) is 0. The molecule has 0 aliphatic carbocycles. The van der Waals surface area contributed by atoms with Crippen LogP contribution in [0.4, 0.5) is 18.9 Å². The third kappa shape index (κ3) is 4.39. The average Bonchev–Trinajstić information content (AvgIpc) is 3.16. The largest absolute Gasteiger partial charge is 0.435 e. The normalized spacial score (nSPS) is 12.8. The maximum atomic E-state index is 12.9. The molecule has 2 aromatic heterocycles. The van der Waals surface area contributed by atoms with Gasteiger partial charge in [-0.1, -0.05) is 29.8 Å². The number of aryl methyl sites for hydroxylation is 3. The van der Waals surface area contributed by atoms with Crippen LogP contribution in [0.2, 0.25) is 0 Å². The Labute approximate surface area is 172 Å². The number of anilines is 1. The standard InChI is InChI=1S/C21H24F3N5O/c1-12-7-6-8-17(9-12)11-28-15(4)19(14(3)26-28)25-20(30)16(5)29-13(2)10-18(27-29)21(22,23)24/h6-10,16H,11H2,1-5H3,(H,25,30). The molecular weight excluding hydrogens is 395 g/mol. The van der Waals surface area contributed by atoms with Crippen LogP contribution in [-0.4, -0.2) is 25.5 Å². The quantitative estimate of drug-likeness (QED) is 0.658. The van der Waals surface area contributed by atoms with E-state index < -0.39 is 23.8 Å². The van der Waals surface area contributed by atoms with Crippen LogP contribution < -0.4 is 5.32 Å². The lowest BCUT2D eigenvalue weighted by atomic mass is 10.1. The molecule has 1 amide bonds. The first-order chi connectivity index (χ1) is 14.0. The number of carbonyl (C=O) groups is 1. The number of hydrogen-bond acceptors (Lipinski definition) is 3. The van der Waals surface area contributed by atoms with Crippen LogP contribution in [0.5, 0.6) is 0 Å². The predicted octanol–water partition coefficient (Wildman–Crippen LogP) is 4.58. The molecule has 0 spiro atoms. The smallest absolute Gasteiger partial charge is 0.321 e. The molecule has 3 aromatic rings. The Balaban J connectivity index is 1.80. The maximum Gasteiger partial charge on any atom is 0.435 e. The first-order valence-corrected chi connectivity index (χ1v) is 9.51. The van der Waals surface area contributed by atoms with E-state index in [0.717, 1.165) is 27.6 Å². The van der Waals surface area contributed by atoms with E-state index in [1.807, 2.05) is 32.0 Å². The van der Waals surface area contributed by atoms with Crippen molar-refractivity contribution in [3.05, 3.63) is 64.2 Å². The van der Waals surface area contributed by atoms with Gasteiger partial charge in [-0.15, -0.1) is 0 Å². The van der Waals surface area contributed by atoms with Crippen molar-refractivity contribution in [3.63, 3.8) is 0 Å². The number of benzene rings is 1. The Kier molecular flexibility index (Phi) is 5.74. The van der Waals surface area contributed by atoms with Gasteiger partial charge in [0.1, 0.15) is 6.04 Å².